The normalized spacial score (nSPS) is 17.3. The van der Waals surface area contributed by atoms with Crippen molar-refractivity contribution in [1.82, 2.24) is 23.0 Å². The molecule has 1 aliphatic rings. The fourth-order valence-electron chi connectivity index (χ4n) is 6.63. The Labute approximate surface area is 277 Å². The molecule has 0 amide bonds. The molecule has 12 heteroatoms. The molecular weight excluding hydrogens is 630 g/mol. The van der Waals surface area contributed by atoms with Gasteiger partial charge in [-0.3, -0.25) is 14.3 Å². The highest BCUT2D eigenvalue weighted by Crippen LogP contribution is 2.41. The van der Waals surface area contributed by atoms with E-state index in [9.17, 15) is 18.0 Å². The smallest absolute Gasteiger partial charge is 0.326 e. The number of morpholine rings is 1. The number of rotatable bonds is 8. The molecule has 0 saturated carbocycles. The van der Waals surface area contributed by atoms with Gasteiger partial charge in [-0.1, -0.05) is 35.9 Å². The van der Waals surface area contributed by atoms with Gasteiger partial charge in [-0.05, 0) is 63.2 Å². The number of aromatic nitrogens is 4. The van der Waals surface area contributed by atoms with Crippen LogP contribution < -0.4 is 16.0 Å². The minimum Gasteiger partial charge on any atom is -0.454 e. The maximum Gasteiger partial charge on any atom is 0.326 e. The summed E-state index contributed by atoms with van der Waals surface area (Å²) in [6, 6.07) is 21.1. The molecule has 3 aromatic carbocycles. The number of fused-ring (bicyclic) bond motifs is 2. The Hall–Kier alpha value is -4.91. The number of aryl methyl sites for hydroxylation is 2. The highest BCUT2D eigenvalue weighted by molar-refractivity contribution is 7.90. The van der Waals surface area contributed by atoms with Crippen molar-refractivity contribution >= 4 is 32.0 Å². The predicted molar refractivity (Wildman–Crippen MR) is 185 cm³/mol. The van der Waals surface area contributed by atoms with E-state index in [4.69, 9.17) is 9.47 Å². The van der Waals surface area contributed by atoms with Crippen LogP contribution in [0.4, 0.5) is 0 Å². The predicted octanol–water partition coefficient (Wildman–Crippen LogP) is 5.10. The number of para-hydroxylation sites is 1. The van der Waals surface area contributed by atoms with Crippen LogP contribution in [0.25, 0.3) is 33.1 Å². The zero-order chi connectivity index (χ0) is 33.7. The first kappa shape index (κ1) is 31.7. The molecule has 0 radical (unpaired) electrons. The molecule has 0 aliphatic carbocycles. The van der Waals surface area contributed by atoms with E-state index in [0.29, 0.717) is 52.1 Å². The molecule has 48 heavy (non-hydrogen) atoms. The molecule has 1 fully saturated rings. The van der Waals surface area contributed by atoms with Gasteiger partial charge in [-0.25, -0.2) is 17.2 Å². The van der Waals surface area contributed by atoms with Gasteiger partial charge in [0.25, 0.3) is 15.6 Å². The van der Waals surface area contributed by atoms with Gasteiger partial charge < -0.3 is 19.0 Å². The molecule has 2 atom stereocenters. The molecule has 7 rings (SSSR count). The van der Waals surface area contributed by atoms with Crippen LogP contribution in [0.2, 0.25) is 0 Å². The van der Waals surface area contributed by atoms with Crippen LogP contribution >= 0.6 is 0 Å². The summed E-state index contributed by atoms with van der Waals surface area (Å²) in [6.45, 7) is 8.70. The molecule has 11 nitrogen and oxygen atoms in total. The van der Waals surface area contributed by atoms with Crippen molar-refractivity contribution in [3.63, 3.8) is 0 Å². The van der Waals surface area contributed by atoms with Gasteiger partial charge in [0, 0.05) is 62.1 Å². The van der Waals surface area contributed by atoms with Crippen molar-refractivity contribution in [2.75, 3.05) is 19.6 Å². The van der Waals surface area contributed by atoms with E-state index in [1.165, 1.54) is 22.9 Å². The fraction of sp³-hybridized carbons (Fsp3) is 0.278. The quantitative estimate of drug-likeness (QED) is 0.240. The Morgan fingerprint density at radius 3 is 2.31 bits per heavy atom. The second kappa shape index (κ2) is 12.3. The standard InChI is InChI=1S/C36H37N5O6S/c1-23-10-12-27(13-11-23)48(44,45)41-17-16-28-30(22-38(4)35(42)33(28)41)29-14-15-31-32(34(29)47-26-8-6-5-7-9-26)37-36(43)40(31)19-18-39-20-24(2)46-25(3)21-39/h5-17,22,24-25H,18-21H2,1-4H3,(H,37,43)/t24-,25+. The topological polar surface area (TPSA) is 121 Å². The first-order chi connectivity index (χ1) is 23.0. The molecule has 6 aromatic rings. The molecule has 1 aliphatic heterocycles. The lowest BCUT2D eigenvalue weighted by atomic mass is 10.0. The van der Waals surface area contributed by atoms with Crippen LogP contribution in [0.5, 0.6) is 11.5 Å². The van der Waals surface area contributed by atoms with E-state index in [0.717, 1.165) is 22.6 Å². The Balaban J connectivity index is 1.38. The molecule has 248 valence electrons. The highest BCUT2D eigenvalue weighted by Gasteiger charge is 2.26. The summed E-state index contributed by atoms with van der Waals surface area (Å²) in [5, 5.41) is 0.434. The van der Waals surface area contributed by atoms with Gasteiger partial charge in [0.15, 0.2) is 5.75 Å². The lowest BCUT2D eigenvalue weighted by molar-refractivity contribution is -0.0685. The molecule has 0 unspecified atom stereocenters. The second-order valence-electron chi connectivity index (χ2n) is 12.5. The summed E-state index contributed by atoms with van der Waals surface area (Å²) >= 11 is 0. The lowest BCUT2D eigenvalue weighted by Crippen LogP contribution is -2.46. The third-order valence-electron chi connectivity index (χ3n) is 8.86. The average molecular weight is 668 g/mol. The average Bonchev–Trinajstić information content (AvgIpc) is 3.64. The number of aromatic amines is 1. The van der Waals surface area contributed by atoms with Gasteiger partial charge in [-0.15, -0.1) is 0 Å². The van der Waals surface area contributed by atoms with Crippen molar-refractivity contribution in [1.29, 1.82) is 0 Å². The molecule has 4 heterocycles. The summed E-state index contributed by atoms with van der Waals surface area (Å²) < 4.78 is 44.1. The van der Waals surface area contributed by atoms with Crippen LogP contribution in [0, 0.1) is 6.92 Å². The largest absolute Gasteiger partial charge is 0.454 e. The number of nitrogens with one attached hydrogen (secondary N) is 1. The maximum absolute atomic E-state index is 13.8. The third kappa shape index (κ3) is 5.65. The van der Waals surface area contributed by atoms with Crippen molar-refractivity contribution < 1.29 is 17.9 Å². The number of nitrogens with zero attached hydrogens (tertiary/aromatic N) is 4. The number of ether oxygens (including phenoxy) is 2. The number of pyridine rings is 1. The van der Waals surface area contributed by atoms with E-state index in [1.54, 1.807) is 36.0 Å². The van der Waals surface area contributed by atoms with Gasteiger partial charge >= 0.3 is 5.69 Å². The van der Waals surface area contributed by atoms with Crippen LogP contribution in [0.1, 0.15) is 19.4 Å². The number of benzene rings is 3. The van der Waals surface area contributed by atoms with Gasteiger partial charge in [0.1, 0.15) is 16.8 Å². The maximum atomic E-state index is 13.8. The van der Waals surface area contributed by atoms with Crippen molar-refractivity contribution in [3.05, 3.63) is 112 Å². The zero-order valence-corrected chi connectivity index (χ0v) is 28.0. The van der Waals surface area contributed by atoms with Crippen molar-refractivity contribution in [3.8, 4) is 22.6 Å². The Kier molecular flexibility index (Phi) is 8.10. The first-order valence-corrected chi connectivity index (χ1v) is 17.3. The van der Waals surface area contributed by atoms with E-state index < -0.39 is 15.6 Å². The molecule has 1 saturated heterocycles. The third-order valence-corrected chi connectivity index (χ3v) is 10.5. The fourth-order valence-corrected chi connectivity index (χ4v) is 7.97. The van der Waals surface area contributed by atoms with Crippen LogP contribution in [-0.4, -0.2) is 63.3 Å². The number of hydrogen-bond acceptors (Lipinski definition) is 7. The van der Waals surface area contributed by atoms with Gasteiger partial charge in [0.2, 0.25) is 0 Å². The Bertz CT molecular complexity index is 2360. The summed E-state index contributed by atoms with van der Waals surface area (Å²) in [7, 11) is -2.50. The van der Waals surface area contributed by atoms with Gasteiger partial charge in [0.05, 0.1) is 22.6 Å². The van der Waals surface area contributed by atoms with Crippen LogP contribution in [0.15, 0.2) is 99.7 Å². The molecular formula is C36H37N5O6S. The van der Waals surface area contributed by atoms with Crippen molar-refractivity contribution in [2.24, 2.45) is 7.05 Å². The zero-order valence-electron chi connectivity index (χ0n) is 27.2. The van der Waals surface area contributed by atoms with Crippen LogP contribution in [-0.2, 0) is 28.4 Å². The highest BCUT2D eigenvalue weighted by atomic mass is 32.2. The SMILES string of the molecule is Cc1ccc(S(=O)(=O)n2ccc3c(-c4ccc5c([nH]c(=O)n5CCN5C[C@@H](C)O[C@@H](C)C5)c4Oc4ccccc4)cn(C)c(=O)c32)cc1. The monoisotopic (exact) mass is 667 g/mol. The van der Waals surface area contributed by atoms with E-state index in [2.05, 4.69) is 23.7 Å². The van der Waals surface area contributed by atoms with E-state index >= 15 is 0 Å². The molecule has 0 bridgehead atoms. The van der Waals surface area contributed by atoms with Crippen LogP contribution in [0.3, 0.4) is 0 Å². The second-order valence-corrected chi connectivity index (χ2v) is 14.3. The van der Waals surface area contributed by atoms with E-state index in [1.807, 2.05) is 49.4 Å². The number of imidazole rings is 1. The number of hydrogen-bond donors (Lipinski definition) is 1. The summed E-state index contributed by atoms with van der Waals surface area (Å²) in [6.07, 6.45) is 3.30. The minimum absolute atomic E-state index is 0.0152. The summed E-state index contributed by atoms with van der Waals surface area (Å²) in [5.41, 5.74) is 2.53. The Morgan fingerprint density at radius 2 is 1.60 bits per heavy atom. The first-order valence-electron chi connectivity index (χ1n) is 15.9. The molecule has 3 aromatic heterocycles. The van der Waals surface area contributed by atoms with Gasteiger partial charge in [-0.2, -0.15) is 0 Å². The Morgan fingerprint density at radius 1 is 0.896 bits per heavy atom. The lowest BCUT2D eigenvalue weighted by Gasteiger charge is -2.35. The minimum atomic E-state index is -4.09. The van der Waals surface area contributed by atoms with Crippen molar-refractivity contribution in [2.45, 2.75) is 44.4 Å². The number of H-pyrrole nitrogens is 1. The van der Waals surface area contributed by atoms with E-state index in [-0.39, 0.29) is 28.3 Å². The summed E-state index contributed by atoms with van der Waals surface area (Å²) in [4.78, 5) is 32.5. The molecule has 1 N–H and O–H groups in total. The molecule has 0 spiro atoms. The summed E-state index contributed by atoms with van der Waals surface area (Å²) in [5.74, 6) is 0.939.